The van der Waals surface area contributed by atoms with E-state index in [1.807, 2.05) is 0 Å². The van der Waals surface area contributed by atoms with Crippen LogP contribution in [-0.4, -0.2) is 38.7 Å². The van der Waals surface area contributed by atoms with Crippen LogP contribution in [-0.2, 0) is 25.5 Å². The number of sulfone groups is 1. The third kappa shape index (κ3) is 4.86. The summed E-state index contributed by atoms with van der Waals surface area (Å²) in [5.41, 5.74) is -1.83. The fraction of sp³-hybridized carbons (Fsp3) is 0.389. The zero-order valence-corrected chi connectivity index (χ0v) is 15.7. The van der Waals surface area contributed by atoms with Gasteiger partial charge in [0.05, 0.1) is 10.5 Å². The van der Waals surface area contributed by atoms with Gasteiger partial charge in [-0.1, -0.05) is 12.7 Å². The number of alkyl halides is 3. The van der Waals surface area contributed by atoms with Crippen molar-refractivity contribution in [2.45, 2.75) is 23.9 Å². The van der Waals surface area contributed by atoms with Crippen molar-refractivity contribution in [3.63, 3.8) is 0 Å². The number of benzene rings is 1. The third-order valence-electron chi connectivity index (χ3n) is 4.12. The summed E-state index contributed by atoms with van der Waals surface area (Å²) in [6.45, 7) is 3.23. The first-order valence-corrected chi connectivity index (χ1v) is 10.1. The van der Waals surface area contributed by atoms with Crippen LogP contribution >= 0.6 is 0 Å². The van der Waals surface area contributed by atoms with Gasteiger partial charge < -0.3 is 4.74 Å². The highest BCUT2D eigenvalue weighted by Gasteiger charge is 2.43. The fourth-order valence-electron chi connectivity index (χ4n) is 2.58. The molecule has 1 N–H and O–H groups in total. The monoisotopic (exact) mass is 417 g/mol. The molecule has 0 heterocycles. The van der Waals surface area contributed by atoms with Crippen molar-refractivity contribution in [1.29, 1.82) is 5.41 Å². The quantitative estimate of drug-likeness (QED) is 0.230. The number of rotatable bonds is 8. The normalized spacial score (nSPS) is 15.6. The summed E-state index contributed by atoms with van der Waals surface area (Å²) in [5.74, 6) is -4.57. The summed E-state index contributed by atoms with van der Waals surface area (Å²) in [6, 6.07) is 1.64. The average molecular weight is 417 g/mol. The Morgan fingerprint density at radius 2 is 1.96 bits per heavy atom. The summed E-state index contributed by atoms with van der Waals surface area (Å²) in [4.78, 5) is 24.6. The maximum Gasteiger partial charge on any atom is 0.416 e. The van der Waals surface area contributed by atoms with Crippen molar-refractivity contribution < 1.29 is 35.9 Å². The Bertz CT molecular complexity index is 933. The summed E-state index contributed by atoms with van der Waals surface area (Å²) in [5, 5.41) is 7.91. The SMILES string of the molecule is C=CCOC(=N)C(C(=O)c1ccc(C(F)(F)F)cc1S(C)(=O)=O)C(=O)C1CC1. The molecule has 6 nitrogen and oxygen atoms in total. The van der Waals surface area contributed by atoms with Crippen molar-refractivity contribution in [3.8, 4) is 0 Å². The van der Waals surface area contributed by atoms with Crippen LogP contribution in [0.25, 0.3) is 0 Å². The second-order valence-electron chi connectivity index (χ2n) is 6.42. The molecule has 10 heteroatoms. The standard InChI is InChI=1S/C18H18F3NO5S/c1-3-8-27-17(22)14(15(23)10-4-5-10)16(24)12-7-6-11(18(19,20)21)9-13(12)28(2,25)26/h3,6-7,9-10,14,22H,1,4-5,8H2,2H3. The van der Waals surface area contributed by atoms with E-state index in [2.05, 4.69) is 6.58 Å². The molecule has 0 amide bonds. The van der Waals surface area contributed by atoms with Gasteiger partial charge in [0.15, 0.2) is 33.2 Å². The molecule has 0 spiro atoms. The van der Waals surface area contributed by atoms with Gasteiger partial charge in [0.1, 0.15) is 6.61 Å². The van der Waals surface area contributed by atoms with E-state index in [-0.39, 0.29) is 6.61 Å². The van der Waals surface area contributed by atoms with E-state index in [0.29, 0.717) is 31.2 Å². The third-order valence-corrected chi connectivity index (χ3v) is 5.26. The lowest BCUT2D eigenvalue weighted by Crippen LogP contribution is -2.35. The van der Waals surface area contributed by atoms with Gasteiger partial charge in [-0.25, -0.2) is 8.42 Å². The lowest BCUT2D eigenvalue weighted by molar-refractivity contribution is -0.137. The highest BCUT2D eigenvalue weighted by atomic mass is 32.2. The van der Waals surface area contributed by atoms with E-state index in [0.717, 1.165) is 6.07 Å². The smallest absolute Gasteiger partial charge is 0.416 e. The number of ether oxygens (including phenoxy) is 1. The van der Waals surface area contributed by atoms with Crippen LogP contribution in [0.4, 0.5) is 13.2 Å². The Hall–Kier alpha value is -2.49. The predicted octanol–water partition coefficient (Wildman–Crippen LogP) is 3.07. The molecule has 0 aromatic heterocycles. The van der Waals surface area contributed by atoms with Crippen LogP contribution < -0.4 is 0 Å². The van der Waals surface area contributed by atoms with Crippen molar-refractivity contribution in [3.05, 3.63) is 42.0 Å². The molecule has 1 saturated carbocycles. The number of Topliss-reactive ketones (excluding diaryl/α,β-unsaturated/α-hetero) is 2. The topological polar surface area (TPSA) is 101 Å². The number of hydrogen-bond donors (Lipinski definition) is 1. The largest absolute Gasteiger partial charge is 0.476 e. The molecule has 152 valence electrons. The van der Waals surface area contributed by atoms with Gasteiger partial charge in [0, 0.05) is 17.7 Å². The average Bonchev–Trinajstić information content (AvgIpc) is 3.42. The Labute approximate surface area is 159 Å². The van der Waals surface area contributed by atoms with E-state index >= 15 is 0 Å². The zero-order chi connectivity index (χ0) is 21.3. The summed E-state index contributed by atoms with van der Waals surface area (Å²) < 4.78 is 67.9. The molecule has 0 bridgehead atoms. The first kappa shape index (κ1) is 21.8. The van der Waals surface area contributed by atoms with Gasteiger partial charge in [-0.3, -0.25) is 15.0 Å². The van der Waals surface area contributed by atoms with Gasteiger partial charge in [0.25, 0.3) is 0 Å². The lowest BCUT2D eigenvalue weighted by atomic mass is 9.90. The molecule has 1 atom stereocenters. The number of ketones is 2. The summed E-state index contributed by atoms with van der Waals surface area (Å²) >= 11 is 0. The molecular weight excluding hydrogens is 399 g/mol. The Kier molecular flexibility index (Phi) is 6.12. The lowest BCUT2D eigenvalue weighted by Gasteiger charge is -2.18. The number of nitrogens with one attached hydrogen (secondary N) is 1. The maximum absolute atomic E-state index is 13.0. The Morgan fingerprint density at radius 3 is 2.43 bits per heavy atom. The molecule has 1 aliphatic carbocycles. The van der Waals surface area contributed by atoms with Gasteiger partial charge in [-0.05, 0) is 31.0 Å². The van der Waals surface area contributed by atoms with Gasteiger partial charge in [-0.15, -0.1) is 0 Å². The van der Waals surface area contributed by atoms with E-state index in [1.54, 1.807) is 0 Å². The molecule has 1 aromatic carbocycles. The van der Waals surface area contributed by atoms with Crippen molar-refractivity contribution in [2.24, 2.45) is 11.8 Å². The van der Waals surface area contributed by atoms with E-state index < -0.39 is 61.3 Å². The zero-order valence-electron chi connectivity index (χ0n) is 14.9. The minimum Gasteiger partial charge on any atom is -0.476 e. The molecule has 2 rings (SSSR count). The van der Waals surface area contributed by atoms with E-state index in [9.17, 15) is 31.2 Å². The molecule has 1 fully saturated rings. The maximum atomic E-state index is 13.0. The van der Waals surface area contributed by atoms with Crippen LogP contribution in [0.3, 0.4) is 0 Å². The van der Waals surface area contributed by atoms with Gasteiger partial charge in [0.2, 0.25) is 0 Å². The molecule has 28 heavy (non-hydrogen) atoms. The number of carbonyl (C=O) groups excluding carboxylic acids is 2. The first-order chi connectivity index (χ1) is 12.9. The first-order valence-electron chi connectivity index (χ1n) is 8.19. The van der Waals surface area contributed by atoms with Gasteiger partial charge in [-0.2, -0.15) is 13.2 Å². The molecule has 0 aliphatic heterocycles. The van der Waals surface area contributed by atoms with Crippen LogP contribution in [0.1, 0.15) is 28.8 Å². The second kappa shape index (κ2) is 7.86. The van der Waals surface area contributed by atoms with Crippen LogP contribution in [0.15, 0.2) is 35.7 Å². The highest BCUT2D eigenvalue weighted by molar-refractivity contribution is 7.90. The van der Waals surface area contributed by atoms with Crippen LogP contribution in [0.5, 0.6) is 0 Å². The minimum atomic E-state index is -4.82. The molecule has 1 aliphatic rings. The predicted molar refractivity (Wildman–Crippen MR) is 94.0 cm³/mol. The summed E-state index contributed by atoms with van der Waals surface area (Å²) in [6.07, 6.45) is -1.83. The Balaban J connectivity index is 2.55. The van der Waals surface area contributed by atoms with E-state index in [4.69, 9.17) is 10.1 Å². The summed E-state index contributed by atoms with van der Waals surface area (Å²) in [7, 11) is -4.23. The number of halogens is 3. The van der Waals surface area contributed by atoms with Crippen molar-refractivity contribution in [2.75, 3.05) is 12.9 Å². The van der Waals surface area contributed by atoms with Gasteiger partial charge >= 0.3 is 6.18 Å². The molecular formula is C18H18F3NO5S. The fourth-order valence-corrected chi connectivity index (χ4v) is 3.49. The number of hydrogen-bond acceptors (Lipinski definition) is 6. The van der Waals surface area contributed by atoms with Crippen molar-refractivity contribution in [1.82, 2.24) is 0 Å². The molecule has 0 saturated heterocycles. The van der Waals surface area contributed by atoms with Crippen molar-refractivity contribution >= 4 is 27.3 Å². The van der Waals surface area contributed by atoms with E-state index in [1.165, 1.54) is 6.08 Å². The van der Waals surface area contributed by atoms with Crippen LogP contribution in [0.2, 0.25) is 0 Å². The highest BCUT2D eigenvalue weighted by Crippen LogP contribution is 2.36. The second-order valence-corrected chi connectivity index (χ2v) is 8.40. The minimum absolute atomic E-state index is 0.160. The van der Waals surface area contributed by atoms with Crippen LogP contribution in [0, 0.1) is 17.2 Å². The Morgan fingerprint density at radius 1 is 1.36 bits per heavy atom. The molecule has 1 unspecified atom stereocenters. The molecule has 1 aromatic rings. The number of carbonyl (C=O) groups is 2. The molecule has 0 radical (unpaired) electrons.